The molecule has 19 heavy (non-hydrogen) atoms. The molecule has 110 valence electrons. The lowest BCUT2D eigenvalue weighted by Gasteiger charge is -2.40. The Morgan fingerprint density at radius 3 is 2.11 bits per heavy atom. The third-order valence-electron chi connectivity index (χ3n) is 3.18. The largest absolute Gasteiger partial charge is 0.444 e. The molecule has 1 rings (SSSR count). The summed E-state index contributed by atoms with van der Waals surface area (Å²) in [7, 11) is 0. The van der Waals surface area contributed by atoms with Crippen molar-refractivity contribution in [1.82, 2.24) is 4.90 Å². The maximum Gasteiger partial charge on any atom is 0.410 e. The van der Waals surface area contributed by atoms with Gasteiger partial charge in [-0.3, -0.25) is 10.1 Å². The number of aliphatic hydroxyl groups is 2. The first-order chi connectivity index (χ1) is 8.48. The fraction of sp³-hybridized carbons (Fsp3) is 0.909. The number of β-amino-alcohol motifs (C(OH)–C–C–N with tert-alkyl or cyclic N) is 2. The molecule has 1 unspecified atom stereocenters. The fourth-order valence-electron chi connectivity index (χ4n) is 1.80. The minimum atomic E-state index is -1.88. The van der Waals surface area contributed by atoms with E-state index in [4.69, 9.17) is 4.74 Å². The van der Waals surface area contributed by atoms with E-state index >= 15 is 0 Å². The molecular formula is C11H20N2O6. The number of carbonyl (C=O) groups is 1. The normalized spacial score (nSPS) is 32.0. The van der Waals surface area contributed by atoms with Crippen molar-refractivity contribution in [2.45, 2.75) is 51.0 Å². The van der Waals surface area contributed by atoms with Gasteiger partial charge in [-0.1, -0.05) is 0 Å². The topological polar surface area (TPSA) is 113 Å². The first kappa shape index (κ1) is 15.6. The molecule has 1 aliphatic heterocycles. The molecular weight excluding hydrogens is 256 g/mol. The van der Waals surface area contributed by atoms with Gasteiger partial charge in [-0.25, -0.2) is 4.79 Å². The van der Waals surface area contributed by atoms with Gasteiger partial charge in [0.1, 0.15) is 17.8 Å². The van der Waals surface area contributed by atoms with Crippen molar-refractivity contribution in [2.24, 2.45) is 0 Å². The van der Waals surface area contributed by atoms with E-state index in [0.29, 0.717) is 0 Å². The second kappa shape index (κ2) is 4.93. The summed E-state index contributed by atoms with van der Waals surface area (Å²) >= 11 is 0. The third-order valence-corrected chi connectivity index (χ3v) is 3.18. The first-order valence-corrected chi connectivity index (χ1v) is 5.97. The summed E-state index contributed by atoms with van der Waals surface area (Å²) in [5.74, 6) is 0. The van der Waals surface area contributed by atoms with E-state index in [1.807, 2.05) is 0 Å². The van der Waals surface area contributed by atoms with E-state index in [9.17, 15) is 25.1 Å². The van der Waals surface area contributed by atoms with Crippen molar-refractivity contribution < 1.29 is 24.7 Å². The molecule has 1 heterocycles. The van der Waals surface area contributed by atoms with Crippen LogP contribution in [0, 0.1) is 10.1 Å². The molecule has 0 aromatic rings. The van der Waals surface area contributed by atoms with Crippen LogP contribution in [0.5, 0.6) is 0 Å². The second-order valence-corrected chi connectivity index (χ2v) is 5.90. The summed E-state index contributed by atoms with van der Waals surface area (Å²) in [6, 6.07) is 0. The molecule has 0 bridgehead atoms. The number of ether oxygens (including phenoxy) is 1. The zero-order chi connectivity index (χ0) is 15.0. The Hall–Kier alpha value is -1.41. The van der Waals surface area contributed by atoms with Crippen LogP contribution in [0.15, 0.2) is 0 Å². The molecule has 0 aromatic heterocycles. The van der Waals surface area contributed by atoms with E-state index in [-0.39, 0.29) is 13.1 Å². The highest BCUT2D eigenvalue weighted by atomic mass is 16.6. The lowest BCUT2D eigenvalue weighted by Crippen LogP contribution is -2.67. The van der Waals surface area contributed by atoms with Crippen LogP contribution in [-0.2, 0) is 4.74 Å². The summed E-state index contributed by atoms with van der Waals surface area (Å²) in [6.07, 6.45) is -3.63. The van der Waals surface area contributed by atoms with E-state index in [0.717, 1.165) is 11.8 Å². The summed E-state index contributed by atoms with van der Waals surface area (Å²) in [5, 5.41) is 30.6. The minimum absolute atomic E-state index is 0.247. The van der Waals surface area contributed by atoms with Crippen molar-refractivity contribution in [3.05, 3.63) is 10.1 Å². The lowest BCUT2D eigenvalue weighted by atomic mass is 9.85. The smallest absolute Gasteiger partial charge is 0.410 e. The van der Waals surface area contributed by atoms with Gasteiger partial charge in [0.05, 0.1) is 13.1 Å². The number of amides is 1. The van der Waals surface area contributed by atoms with Crippen molar-refractivity contribution in [1.29, 1.82) is 0 Å². The van der Waals surface area contributed by atoms with Crippen LogP contribution >= 0.6 is 0 Å². The van der Waals surface area contributed by atoms with Gasteiger partial charge in [-0.2, -0.15) is 0 Å². The monoisotopic (exact) mass is 276 g/mol. The molecule has 8 heteroatoms. The number of nitro groups is 1. The van der Waals surface area contributed by atoms with E-state index in [1.54, 1.807) is 20.8 Å². The molecule has 3 atom stereocenters. The van der Waals surface area contributed by atoms with Gasteiger partial charge in [0.2, 0.25) is 0 Å². The molecule has 8 nitrogen and oxygen atoms in total. The number of carbonyl (C=O) groups excluding carboxylic acids is 1. The standard InChI is InChI=1S/C11H20N2O6/c1-10(2,3)19-9(16)12-5-7(14)11(4,13(17)18)8(15)6-12/h7-8,14-15H,5-6H2,1-4H3/t7-,8+,11?. The Morgan fingerprint density at radius 1 is 1.37 bits per heavy atom. The minimum Gasteiger partial charge on any atom is -0.444 e. The van der Waals surface area contributed by atoms with Gasteiger partial charge in [0.15, 0.2) is 0 Å². The Labute approximate surface area is 111 Å². The van der Waals surface area contributed by atoms with E-state index < -0.39 is 34.4 Å². The van der Waals surface area contributed by atoms with Crippen LogP contribution < -0.4 is 0 Å². The SMILES string of the molecule is CC(C)(C)OC(=O)N1C[C@@H](O)C(C)([N+](=O)[O-])[C@@H](O)C1. The van der Waals surface area contributed by atoms with Crippen LogP contribution in [0.25, 0.3) is 0 Å². The van der Waals surface area contributed by atoms with Crippen LogP contribution in [0.1, 0.15) is 27.7 Å². The molecule has 0 saturated carbocycles. The van der Waals surface area contributed by atoms with Crippen LogP contribution in [-0.4, -0.2) is 62.6 Å². The summed E-state index contributed by atoms with van der Waals surface area (Å²) in [6.45, 7) is 5.72. The number of hydrogen-bond acceptors (Lipinski definition) is 6. The van der Waals surface area contributed by atoms with Gasteiger partial charge in [0, 0.05) is 11.8 Å². The van der Waals surface area contributed by atoms with Gasteiger partial charge in [-0.15, -0.1) is 0 Å². The Morgan fingerprint density at radius 2 is 1.79 bits per heavy atom. The molecule has 1 saturated heterocycles. The Balaban J connectivity index is 2.81. The van der Waals surface area contributed by atoms with E-state index in [2.05, 4.69) is 0 Å². The van der Waals surface area contributed by atoms with Crippen molar-refractivity contribution >= 4 is 6.09 Å². The zero-order valence-corrected chi connectivity index (χ0v) is 11.5. The third kappa shape index (κ3) is 3.13. The molecule has 1 aliphatic rings. The van der Waals surface area contributed by atoms with Gasteiger partial charge >= 0.3 is 6.09 Å². The van der Waals surface area contributed by atoms with Crippen LogP contribution in [0.2, 0.25) is 0 Å². The number of hydrogen-bond donors (Lipinski definition) is 2. The Kier molecular flexibility index (Phi) is 4.06. The number of piperidine rings is 1. The van der Waals surface area contributed by atoms with Crippen molar-refractivity contribution in [3.63, 3.8) is 0 Å². The average Bonchev–Trinajstić information content (AvgIpc) is 2.22. The number of nitrogens with zero attached hydrogens (tertiary/aromatic N) is 2. The van der Waals surface area contributed by atoms with Gasteiger partial charge < -0.3 is 19.8 Å². The zero-order valence-electron chi connectivity index (χ0n) is 11.5. The number of aliphatic hydroxyl groups excluding tert-OH is 2. The number of rotatable bonds is 1. The maximum absolute atomic E-state index is 11.8. The van der Waals surface area contributed by atoms with Crippen LogP contribution in [0.3, 0.4) is 0 Å². The lowest BCUT2D eigenvalue weighted by molar-refractivity contribution is -0.594. The average molecular weight is 276 g/mol. The first-order valence-electron chi connectivity index (χ1n) is 5.97. The molecule has 0 radical (unpaired) electrons. The molecule has 1 amide bonds. The molecule has 1 fully saturated rings. The highest BCUT2D eigenvalue weighted by Crippen LogP contribution is 2.27. The van der Waals surface area contributed by atoms with Crippen molar-refractivity contribution in [2.75, 3.05) is 13.1 Å². The molecule has 0 aromatic carbocycles. The highest BCUT2D eigenvalue weighted by molar-refractivity contribution is 5.68. The highest BCUT2D eigenvalue weighted by Gasteiger charge is 2.56. The molecule has 2 N–H and O–H groups in total. The summed E-state index contributed by atoms with van der Waals surface area (Å²) in [5.41, 5.74) is -2.59. The van der Waals surface area contributed by atoms with Gasteiger partial charge in [-0.05, 0) is 20.8 Å². The molecule has 0 aliphatic carbocycles. The van der Waals surface area contributed by atoms with Crippen LogP contribution in [0.4, 0.5) is 4.79 Å². The fourth-order valence-corrected chi connectivity index (χ4v) is 1.80. The van der Waals surface area contributed by atoms with Gasteiger partial charge in [0.25, 0.3) is 5.54 Å². The summed E-state index contributed by atoms with van der Waals surface area (Å²) in [4.78, 5) is 23.1. The predicted octanol–water partition coefficient (Wildman–Crippen LogP) is -0.00570. The maximum atomic E-state index is 11.8. The predicted molar refractivity (Wildman–Crippen MR) is 65.2 cm³/mol. The quantitative estimate of drug-likeness (QED) is 0.514. The Bertz CT molecular complexity index is 366. The molecule has 0 spiro atoms. The number of likely N-dealkylation sites (tertiary alicyclic amines) is 1. The second-order valence-electron chi connectivity index (χ2n) is 5.90. The van der Waals surface area contributed by atoms with E-state index in [1.165, 1.54) is 0 Å². The summed E-state index contributed by atoms with van der Waals surface area (Å²) < 4.78 is 5.10. The van der Waals surface area contributed by atoms with Crippen molar-refractivity contribution in [3.8, 4) is 0 Å².